The zero-order valence-corrected chi connectivity index (χ0v) is 19.3. The van der Waals surface area contributed by atoms with Gasteiger partial charge < -0.3 is 10.6 Å². The average molecular weight is 480 g/mol. The maximum Gasteiger partial charge on any atom is 0.283 e. The first kappa shape index (κ1) is 22.6. The fourth-order valence-electron chi connectivity index (χ4n) is 3.41. The van der Waals surface area contributed by atoms with Crippen LogP contribution in [0, 0.1) is 13.8 Å². The lowest BCUT2D eigenvalue weighted by atomic mass is 10.1. The summed E-state index contributed by atoms with van der Waals surface area (Å²) in [5.41, 5.74) is 3.65. The van der Waals surface area contributed by atoms with Crippen molar-refractivity contribution in [2.24, 2.45) is 0 Å². The monoisotopic (exact) mass is 479 g/mol. The molecule has 0 bridgehead atoms. The van der Waals surface area contributed by atoms with Crippen LogP contribution in [-0.2, 0) is 9.59 Å². The summed E-state index contributed by atoms with van der Waals surface area (Å²) in [6, 6.07) is 18.7. The van der Waals surface area contributed by atoms with E-state index < -0.39 is 11.8 Å². The number of benzene rings is 3. The molecule has 166 valence electrons. The highest BCUT2D eigenvalue weighted by molar-refractivity contribution is 6.53. The molecule has 1 aliphatic rings. The zero-order valence-electron chi connectivity index (χ0n) is 17.8. The molecule has 0 radical (unpaired) electrons. The van der Waals surface area contributed by atoms with Crippen molar-refractivity contribution >= 4 is 58.0 Å². The number of rotatable bonds is 5. The molecule has 3 aromatic rings. The Labute approximate surface area is 200 Å². The molecule has 0 spiro atoms. The van der Waals surface area contributed by atoms with Gasteiger partial charge in [-0.1, -0.05) is 47.5 Å². The quantitative estimate of drug-likeness (QED) is 0.463. The summed E-state index contributed by atoms with van der Waals surface area (Å²) in [4.78, 5) is 39.3. The van der Waals surface area contributed by atoms with Crippen LogP contribution in [0.4, 0.5) is 17.1 Å². The molecule has 0 atom stereocenters. The third-order valence-corrected chi connectivity index (χ3v) is 6.06. The van der Waals surface area contributed by atoms with E-state index in [4.69, 9.17) is 23.2 Å². The summed E-state index contributed by atoms with van der Waals surface area (Å²) >= 11 is 12.3. The minimum atomic E-state index is -0.589. The largest absolute Gasteiger partial charge is 0.350 e. The summed E-state index contributed by atoms with van der Waals surface area (Å²) in [7, 11) is 0. The summed E-state index contributed by atoms with van der Waals surface area (Å²) in [6.07, 6.45) is 0. The Morgan fingerprint density at radius 1 is 0.848 bits per heavy atom. The summed E-state index contributed by atoms with van der Waals surface area (Å²) in [6.45, 7) is 3.75. The molecule has 33 heavy (non-hydrogen) atoms. The number of imide groups is 1. The van der Waals surface area contributed by atoms with Crippen molar-refractivity contribution in [1.82, 2.24) is 0 Å². The molecule has 3 amide bonds. The highest BCUT2D eigenvalue weighted by atomic mass is 35.5. The highest BCUT2D eigenvalue weighted by Crippen LogP contribution is 2.33. The molecule has 1 heterocycles. The van der Waals surface area contributed by atoms with E-state index in [0.717, 1.165) is 16.0 Å². The SMILES string of the molecule is Cc1cccc(N2C(=O)C(Cl)=C(Nc3ccc(C(=O)Nc4ccccc4Cl)cc3)C2=O)c1C. The number of anilines is 3. The second kappa shape index (κ2) is 9.10. The average Bonchev–Trinajstić information content (AvgIpc) is 3.01. The molecular weight excluding hydrogens is 461 g/mol. The third-order valence-electron chi connectivity index (χ3n) is 5.38. The van der Waals surface area contributed by atoms with E-state index in [1.54, 1.807) is 60.7 Å². The zero-order chi connectivity index (χ0) is 23.7. The standard InChI is InChI=1S/C25H19Cl2N3O3/c1-14-6-5-9-20(15(14)2)30-24(32)21(27)22(25(30)33)28-17-12-10-16(11-13-17)23(31)29-19-8-4-3-7-18(19)26/h3-13,28H,1-2H3,(H,29,31). The lowest BCUT2D eigenvalue weighted by Crippen LogP contribution is -2.33. The molecular formula is C25H19Cl2N3O3. The van der Waals surface area contributed by atoms with Crippen molar-refractivity contribution in [1.29, 1.82) is 0 Å². The number of aryl methyl sites for hydroxylation is 1. The lowest BCUT2D eigenvalue weighted by Gasteiger charge is -2.18. The van der Waals surface area contributed by atoms with Crippen molar-refractivity contribution in [2.75, 3.05) is 15.5 Å². The van der Waals surface area contributed by atoms with Crippen LogP contribution in [0.5, 0.6) is 0 Å². The van der Waals surface area contributed by atoms with E-state index >= 15 is 0 Å². The van der Waals surface area contributed by atoms with E-state index in [2.05, 4.69) is 10.6 Å². The van der Waals surface area contributed by atoms with Gasteiger partial charge in [0, 0.05) is 11.3 Å². The number of halogens is 2. The maximum atomic E-state index is 13.0. The Hall–Kier alpha value is -3.61. The normalized spacial score (nSPS) is 13.5. The molecule has 0 saturated carbocycles. The van der Waals surface area contributed by atoms with Crippen molar-refractivity contribution < 1.29 is 14.4 Å². The van der Waals surface area contributed by atoms with Gasteiger partial charge in [0.2, 0.25) is 0 Å². The first-order valence-electron chi connectivity index (χ1n) is 10.1. The molecule has 6 nitrogen and oxygen atoms in total. The van der Waals surface area contributed by atoms with Crippen molar-refractivity contribution in [3.8, 4) is 0 Å². The Morgan fingerprint density at radius 2 is 1.55 bits per heavy atom. The molecule has 0 fully saturated rings. The smallest absolute Gasteiger partial charge is 0.283 e. The van der Waals surface area contributed by atoms with Crippen LogP contribution in [0.3, 0.4) is 0 Å². The van der Waals surface area contributed by atoms with Crippen molar-refractivity contribution in [3.05, 3.63) is 99.2 Å². The number of hydrogen-bond donors (Lipinski definition) is 2. The van der Waals surface area contributed by atoms with Gasteiger partial charge in [-0.25, -0.2) is 4.90 Å². The fraction of sp³-hybridized carbons (Fsp3) is 0.0800. The summed E-state index contributed by atoms with van der Waals surface area (Å²) in [5.74, 6) is -1.46. The molecule has 8 heteroatoms. The number of hydrogen-bond acceptors (Lipinski definition) is 4. The molecule has 4 rings (SSSR count). The van der Waals surface area contributed by atoms with E-state index in [-0.39, 0.29) is 16.6 Å². The van der Waals surface area contributed by atoms with Crippen LogP contribution in [0.1, 0.15) is 21.5 Å². The number of amides is 3. The molecule has 0 unspecified atom stereocenters. The fourth-order valence-corrected chi connectivity index (χ4v) is 3.81. The number of carbonyl (C=O) groups is 3. The summed E-state index contributed by atoms with van der Waals surface area (Å²) in [5, 5.41) is 5.90. The predicted octanol–water partition coefficient (Wildman–Crippen LogP) is 5.64. The number of para-hydroxylation sites is 1. The first-order valence-corrected chi connectivity index (χ1v) is 10.8. The number of nitrogens with zero attached hydrogens (tertiary/aromatic N) is 1. The van der Waals surface area contributed by atoms with Crippen LogP contribution in [-0.4, -0.2) is 17.7 Å². The van der Waals surface area contributed by atoms with E-state index in [9.17, 15) is 14.4 Å². The van der Waals surface area contributed by atoms with Gasteiger partial charge in [-0.3, -0.25) is 14.4 Å². The minimum Gasteiger partial charge on any atom is -0.350 e. The second-order valence-corrected chi connectivity index (χ2v) is 8.28. The van der Waals surface area contributed by atoms with Crippen LogP contribution < -0.4 is 15.5 Å². The number of nitrogens with one attached hydrogen (secondary N) is 2. The molecule has 1 aliphatic heterocycles. The Kier molecular flexibility index (Phi) is 6.22. The Balaban J connectivity index is 1.51. The molecule has 0 aromatic heterocycles. The topological polar surface area (TPSA) is 78.5 Å². The van der Waals surface area contributed by atoms with Gasteiger partial charge in [-0.2, -0.15) is 0 Å². The van der Waals surface area contributed by atoms with E-state index in [1.807, 2.05) is 19.9 Å². The van der Waals surface area contributed by atoms with Crippen LogP contribution in [0.25, 0.3) is 0 Å². The number of carbonyl (C=O) groups excluding carboxylic acids is 3. The van der Waals surface area contributed by atoms with Crippen LogP contribution in [0.15, 0.2) is 77.5 Å². The van der Waals surface area contributed by atoms with Gasteiger partial charge in [-0.15, -0.1) is 0 Å². The highest BCUT2D eigenvalue weighted by Gasteiger charge is 2.39. The first-order chi connectivity index (χ1) is 15.8. The minimum absolute atomic E-state index is 0.0177. The van der Waals surface area contributed by atoms with Gasteiger partial charge in [0.05, 0.1) is 16.4 Å². The van der Waals surface area contributed by atoms with E-state index in [1.165, 1.54) is 0 Å². The molecule has 0 saturated heterocycles. The van der Waals surface area contributed by atoms with Gasteiger partial charge in [0.15, 0.2) is 0 Å². The van der Waals surface area contributed by atoms with Gasteiger partial charge in [0.1, 0.15) is 10.7 Å². The maximum absolute atomic E-state index is 13.0. The summed E-state index contributed by atoms with van der Waals surface area (Å²) < 4.78 is 0. The van der Waals surface area contributed by atoms with Gasteiger partial charge in [0.25, 0.3) is 17.7 Å². The van der Waals surface area contributed by atoms with Crippen molar-refractivity contribution in [2.45, 2.75) is 13.8 Å². The predicted molar refractivity (Wildman–Crippen MR) is 131 cm³/mol. The molecule has 2 N–H and O–H groups in total. The van der Waals surface area contributed by atoms with Gasteiger partial charge >= 0.3 is 0 Å². The third kappa shape index (κ3) is 4.35. The Bertz CT molecular complexity index is 1320. The lowest BCUT2D eigenvalue weighted by molar-refractivity contribution is -0.120. The van der Waals surface area contributed by atoms with Crippen LogP contribution in [0.2, 0.25) is 5.02 Å². The van der Waals surface area contributed by atoms with Crippen LogP contribution >= 0.6 is 23.2 Å². The van der Waals surface area contributed by atoms with Gasteiger partial charge in [-0.05, 0) is 67.4 Å². The van der Waals surface area contributed by atoms with E-state index in [0.29, 0.717) is 27.6 Å². The molecule has 0 aliphatic carbocycles. The van der Waals surface area contributed by atoms with Crippen molar-refractivity contribution in [3.63, 3.8) is 0 Å². The molecule has 3 aromatic carbocycles. The Morgan fingerprint density at radius 3 is 2.24 bits per heavy atom. The second-order valence-electron chi connectivity index (χ2n) is 7.49.